The Labute approximate surface area is 150 Å². The molecule has 1 atom stereocenters. The van der Waals surface area contributed by atoms with Crippen molar-refractivity contribution in [3.8, 4) is 0 Å². The molecule has 0 radical (unpaired) electrons. The summed E-state index contributed by atoms with van der Waals surface area (Å²) in [4.78, 5) is 16.4. The summed E-state index contributed by atoms with van der Waals surface area (Å²) in [5.74, 6) is -2.48. The van der Waals surface area contributed by atoms with Crippen LogP contribution in [0, 0.1) is 18.2 Å². The van der Waals surface area contributed by atoms with Gasteiger partial charge in [0.2, 0.25) is 0 Å². The van der Waals surface area contributed by atoms with Gasteiger partial charge in [0, 0.05) is 12.8 Å². The van der Waals surface area contributed by atoms with Gasteiger partial charge in [-0.25, -0.2) is 28.6 Å². The van der Waals surface area contributed by atoms with Crippen molar-refractivity contribution in [2.45, 2.75) is 37.8 Å². The lowest BCUT2D eigenvalue weighted by molar-refractivity contribution is 0.139. The van der Waals surface area contributed by atoms with E-state index in [-0.39, 0.29) is 42.7 Å². The van der Waals surface area contributed by atoms with Crippen LogP contribution in [0.4, 0.5) is 19.3 Å². The highest BCUT2D eigenvalue weighted by molar-refractivity contribution is 7.91. The highest BCUT2D eigenvalue weighted by Gasteiger charge is 2.48. The molecule has 1 amide bonds. The van der Waals surface area contributed by atoms with Crippen LogP contribution in [0.25, 0.3) is 4.85 Å². The van der Waals surface area contributed by atoms with Gasteiger partial charge in [0.25, 0.3) is 5.54 Å². The van der Waals surface area contributed by atoms with E-state index >= 15 is 0 Å². The van der Waals surface area contributed by atoms with Crippen molar-refractivity contribution >= 4 is 21.6 Å². The van der Waals surface area contributed by atoms with Crippen molar-refractivity contribution in [1.82, 2.24) is 0 Å². The topological polar surface area (TPSA) is 68.0 Å². The molecule has 2 fully saturated rings. The number of anilines is 1. The van der Waals surface area contributed by atoms with Crippen molar-refractivity contribution in [2.75, 3.05) is 23.0 Å². The van der Waals surface area contributed by atoms with Gasteiger partial charge in [0.1, 0.15) is 23.3 Å². The lowest BCUT2D eigenvalue weighted by Crippen LogP contribution is -2.36. The molecule has 0 saturated carbocycles. The van der Waals surface area contributed by atoms with Crippen LogP contribution >= 0.6 is 0 Å². The summed E-state index contributed by atoms with van der Waals surface area (Å²) in [6.07, 6.45) is -0.745. The molecule has 0 spiro atoms. The SMILES string of the molecule is [C-]#[N+]C1(c2c(F)cc(N3C[C@H](CC)OC3=O)cc2F)CCS(=O)(=O)CC1. The van der Waals surface area contributed by atoms with Crippen molar-refractivity contribution in [1.29, 1.82) is 0 Å². The molecular weight excluding hydrogens is 366 g/mol. The molecule has 0 unspecified atom stereocenters. The minimum atomic E-state index is -3.29. The van der Waals surface area contributed by atoms with Crippen LogP contribution in [-0.2, 0) is 20.1 Å². The number of amides is 1. The number of cyclic esters (lactones) is 1. The van der Waals surface area contributed by atoms with E-state index in [0.717, 1.165) is 17.0 Å². The maximum absolute atomic E-state index is 14.8. The third kappa shape index (κ3) is 3.14. The molecule has 2 saturated heterocycles. The molecule has 6 nitrogen and oxygen atoms in total. The standard InChI is InChI=1S/C17H18F2N2O4S/c1-3-12-10-21(16(22)25-12)11-8-13(18)15(14(19)9-11)17(20-2)4-6-26(23,24)7-5-17/h8-9,12H,3-7,10H2,1H3/t12-/m0/s1. The zero-order valence-electron chi connectivity index (χ0n) is 14.2. The summed E-state index contributed by atoms with van der Waals surface area (Å²) in [6.45, 7) is 9.45. The summed E-state index contributed by atoms with van der Waals surface area (Å²) in [5, 5.41) is 0. The number of carbonyl (C=O) groups excluding carboxylic acids is 1. The second-order valence-electron chi connectivity index (χ2n) is 6.60. The number of hydrogen-bond acceptors (Lipinski definition) is 4. The zero-order chi connectivity index (χ0) is 19.1. The third-order valence-corrected chi connectivity index (χ3v) is 6.65. The van der Waals surface area contributed by atoms with Gasteiger partial charge in [0.05, 0.1) is 23.7 Å². The van der Waals surface area contributed by atoms with Gasteiger partial charge in [-0.3, -0.25) is 4.90 Å². The van der Waals surface area contributed by atoms with Gasteiger partial charge < -0.3 is 9.58 Å². The Balaban J connectivity index is 1.98. The van der Waals surface area contributed by atoms with E-state index in [1.807, 2.05) is 6.92 Å². The molecule has 2 aliphatic rings. The van der Waals surface area contributed by atoms with Crippen LogP contribution in [0.3, 0.4) is 0 Å². The molecule has 0 aromatic heterocycles. The quantitative estimate of drug-likeness (QED) is 0.752. The molecule has 2 heterocycles. The molecule has 1 aromatic carbocycles. The Morgan fingerprint density at radius 1 is 1.31 bits per heavy atom. The average molecular weight is 384 g/mol. The lowest BCUT2D eigenvalue weighted by atomic mass is 9.84. The second kappa shape index (κ2) is 6.50. The highest BCUT2D eigenvalue weighted by Crippen LogP contribution is 2.42. The van der Waals surface area contributed by atoms with Gasteiger partial charge in [-0.2, -0.15) is 0 Å². The van der Waals surface area contributed by atoms with Crippen molar-refractivity contribution in [3.63, 3.8) is 0 Å². The normalized spacial score (nSPS) is 24.2. The molecule has 1 aromatic rings. The number of sulfone groups is 1. The minimum Gasteiger partial charge on any atom is -0.444 e. The molecule has 0 N–H and O–H groups in total. The fourth-order valence-corrected chi connectivity index (χ4v) is 4.90. The van der Waals surface area contributed by atoms with Crippen molar-refractivity contribution < 1.29 is 26.7 Å². The Bertz CT molecular complexity index is 858. The molecule has 2 aliphatic heterocycles. The van der Waals surface area contributed by atoms with E-state index in [2.05, 4.69) is 4.85 Å². The molecule has 9 heteroatoms. The second-order valence-corrected chi connectivity index (χ2v) is 8.91. The zero-order valence-corrected chi connectivity index (χ0v) is 15.0. The van der Waals surface area contributed by atoms with E-state index in [1.54, 1.807) is 0 Å². The first kappa shape index (κ1) is 18.6. The van der Waals surface area contributed by atoms with Crippen molar-refractivity contribution in [2.24, 2.45) is 0 Å². The van der Waals surface area contributed by atoms with Gasteiger partial charge in [0.15, 0.2) is 9.84 Å². The largest absolute Gasteiger partial charge is 0.444 e. The number of benzene rings is 1. The Kier molecular flexibility index (Phi) is 4.65. The van der Waals surface area contributed by atoms with Gasteiger partial charge in [-0.05, 0) is 18.6 Å². The van der Waals surface area contributed by atoms with Crippen LogP contribution in [0.1, 0.15) is 31.7 Å². The monoisotopic (exact) mass is 384 g/mol. The maximum atomic E-state index is 14.8. The van der Waals surface area contributed by atoms with Crippen LogP contribution in [0.15, 0.2) is 12.1 Å². The number of halogens is 2. The molecule has 0 bridgehead atoms. The van der Waals surface area contributed by atoms with Gasteiger partial charge in [-0.15, -0.1) is 0 Å². The molecule has 3 rings (SSSR count). The highest BCUT2D eigenvalue weighted by atomic mass is 32.2. The van der Waals surface area contributed by atoms with Crippen LogP contribution in [0.5, 0.6) is 0 Å². The Morgan fingerprint density at radius 3 is 2.35 bits per heavy atom. The summed E-state index contributed by atoms with van der Waals surface area (Å²) in [6, 6.07) is 2.02. The first-order chi connectivity index (χ1) is 12.2. The lowest BCUT2D eigenvalue weighted by Gasteiger charge is -2.27. The molecular formula is C17H18F2N2O4S. The van der Waals surface area contributed by atoms with Crippen LogP contribution in [0.2, 0.25) is 0 Å². The fourth-order valence-electron chi connectivity index (χ4n) is 3.40. The van der Waals surface area contributed by atoms with E-state index in [0.29, 0.717) is 6.42 Å². The summed E-state index contributed by atoms with van der Waals surface area (Å²) in [7, 11) is -3.29. The fraction of sp³-hybridized carbons (Fsp3) is 0.529. The summed E-state index contributed by atoms with van der Waals surface area (Å²) >= 11 is 0. The number of ether oxygens (including phenoxy) is 1. The van der Waals surface area contributed by atoms with E-state index in [1.165, 1.54) is 0 Å². The van der Waals surface area contributed by atoms with Gasteiger partial charge >= 0.3 is 6.09 Å². The Hall–Kier alpha value is -2.21. The molecule has 140 valence electrons. The average Bonchev–Trinajstić information content (AvgIpc) is 2.97. The molecule has 26 heavy (non-hydrogen) atoms. The number of rotatable bonds is 3. The van der Waals surface area contributed by atoms with E-state index in [4.69, 9.17) is 11.3 Å². The predicted octanol–water partition coefficient (Wildman–Crippen LogP) is 3.02. The van der Waals surface area contributed by atoms with Crippen LogP contribution in [-0.4, -0.2) is 38.7 Å². The number of nitrogens with zero attached hydrogens (tertiary/aromatic N) is 2. The summed E-state index contributed by atoms with van der Waals surface area (Å²) < 4.78 is 57.9. The first-order valence-corrected chi connectivity index (χ1v) is 10.1. The number of carbonyl (C=O) groups is 1. The minimum absolute atomic E-state index is 0.0215. The van der Waals surface area contributed by atoms with E-state index in [9.17, 15) is 22.0 Å². The predicted molar refractivity (Wildman–Crippen MR) is 90.4 cm³/mol. The Morgan fingerprint density at radius 2 is 1.88 bits per heavy atom. The maximum Gasteiger partial charge on any atom is 0.414 e. The third-order valence-electron chi connectivity index (χ3n) is 5.00. The molecule has 0 aliphatic carbocycles. The first-order valence-electron chi connectivity index (χ1n) is 8.28. The van der Waals surface area contributed by atoms with E-state index < -0.39 is 38.7 Å². The van der Waals surface area contributed by atoms with Gasteiger partial charge in [-0.1, -0.05) is 6.92 Å². The smallest absolute Gasteiger partial charge is 0.414 e. The summed E-state index contributed by atoms with van der Waals surface area (Å²) in [5.41, 5.74) is -1.95. The van der Waals surface area contributed by atoms with Crippen molar-refractivity contribution in [3.05, 3.63) is 40.7 Å². The van der Waals surface area contributed by atoms with Crippen LogP contribution < -0.4 is 4.90 Å². The number of hydrogen-bond donors (Lipinski definition) is 0.